The molecule has 0 aromatic carbocycles. The maximum atomic E-state index is 3.73. The molecule has 0 amide bonds. The molecule has 1 rings (SSSR count). The first kappa shape index (κ1) is 13.0. The summed E-state index contributed by atoms with van der Waals surface area (Å²) < 4.78 is 0. The molecule has 0 spiro atoms. The fourth-order valence-corrected chi connectivity index (χ4v) is 2.54. The molecule has 0 aliphatic heterocycles. The second-order valence-electron chi connectivity index (χ2n) is 5.33. The molecule has 1 atom stereocenters. The summed E-state index contributed by atoms with van der Waals surface area (Å²) >= 11 is 0. The lowest BCUT2D eigenvalue weighted by Gasteiger charge is -2.23. The SMILES string of the molecule is CCCCC(C)CCNC1CCCCC1. The van der Waals surface area contributed by atoms with Crippen LogP contribution in [0.1, 0.15) is 71.6 Å². The number of rotatable bonds is 7. The fourth-order valence-electron chi connectivity index (χ4n) is 2.54. The quantitative estimate of drug-likeness (QED) is 0.668. The van der Waals surface area contributed by atoms with Crippen LogP contribution in [0.3, 0.4) is 0 Å². The summed E-state index contributed by atoms with van der Waals surface area (Å²) in [4.78, 5) is 0. The van der Waals surface area contributed by atoms with Crippen molar-refractivity contribution in [3.05, 3.63) is 0 Å². The normalized spacial score (nSPS) is 20.4. The lowest BCUT2D eigenvalue weighted by Crippen LogP contribution is -2.32. The molecule has 0 bridgehead atoms. The van der Waals surface area contributed by atoms with Gasteiger partial charge in [-0.1, -0.05) is 52.4 Å². The van der Waals surface area contributed by atoms with Crippen molar-refractivity contribution in [3.63, 3.8) is 0 Å². The topological polar surface area (TPSA) is 12.0 Å². The van der Waals surface area contributed by atoms with Crippen LogP contribution in [0.2, 0.25) is 0 Å². The lowest BCUT2D eigenvalue weighted by molar-refractivity contribution is 0.355. The van der Waals surface area contributed by atoms with Gasteiger partial charge >= 0.3 is 0 Å². The summed E-state index contributed by atoms with van der Waals surface area (Å²) in [6.07, 6.45) is 12.7. The second-order valence-corrected chi connectivity index (χ2v) is 5.33. The van der Waals surface area contributed by atoms with E-state index in [9.17, 15) is 0 Å². The average Bonchev–Trinajstić information content (AvgIpc) is 2.28. The molecule has 0 radical (unpaired) electrons. The van der Waals surface area contributed by atoms with Crippen molar-refractivity contribution >= 4 is 0 Å². The molecule has 1 N–H and O–H groups in total. The summed E-state index contributed by atoms with van der Waals surface area (Å²) in [5.41, 5.74) is 0. The first-order valence-electron chi connectivity index (χ1n) is 7.06. The van der Waals surface area contributed by atoms with E-state index in [0.717, 1.165) is 12.0 Å². The fraction of sp³-hybridized carbons (Fsp3) is 1.00. The molecule has 1 unspecified atom stereocenters. The Labute approximate surface area is 96.0 Å². The molecule has 0 aromatic rings. The van der Waals surface area contributed by atoms with Crippen molar-refractivity contribution in [2.24, 2.45) is 5.92 Å². The Balaban J connectivity index is 1.94. The van der Waals surface area contributed by atoms with Gasteiger partial charge in [-0.25, -0.2) is 0 Å². The average molecular weight is 211 g/mol. The van der Waals surface area contributed by atoms with Gasteiger partial charge in [0.2, 0.25) is 0 Å². The van der Waals surface area contributed by atoms with E-state index < -0.39 is 0 Å². The minimum Gasteiger partial charge on any atom is -0.314 e. The predicted octanol–water partition coefficient (Wildman–Crippen LogP) is 4.13. The molecule has 0 saturated heterocycles. The van der Waals surface area contributed by atoms with Crippen molar-refractivity contribution in [2.45, 2.75) is 77.7 Å². The Bertz CT molecular complexity index is 138. The molecular formula is C14H29N. The largest absolute Gasteiger partial charge is 0.314 e. The molecule has 1 aliphatic carbocycles. The zero-order chi connectivity index (χ0) is 10.9. The second kappa shape index (κ2) is 8.15. The van der Waals surface area contributed by atoms with Crippen molar-refractivity contribution in [1.82, 2.24) is 5.32 Å². The first-order valence-corrected chi connectivity index (χ1v) is 7.06. The predicted molar refractivity (Wildman–Crippen MR) is 68.2 cm³/mol. The summed E-state index contributed by atoms with van der Waals surface area (Å²) in [6.45, 7) is 5.93. The van der Waals surface area contributed by atoms with E-state index in [0.29, 0.717) is 0 Å². The molecule has 1 heteroatoms. The van der Waals surface area contributed by atoms with Crippen molar-refractivity contribution in [1.29, 1.82) is 0 Å². The van der Waals surface area contributed by atoms with Crippen LogP contribution in [0, 0.1) is 5.92 Å². The summed E-state index contributed by atoms with van der Waals surface area (Å²) in [7, 11) is 0. The van der Waals surface area contributed by atoms with Gasteiger partial charge in [-0.05, 0) is 31.7 Å². The van der Waals surface area contributed by atoms with Gasteiger partial charge in [0.1, 0.15) is 0 Å². The highest BCUT2D eigenvalue weighted by Gasteiger charge is 2.12. The smallest absolute Gasteiger partial charge is 0.00670 e. The third-order valence-corrected chi connectivity index (χ3v) is 3.73. The van der Waals surface area contributed by atoms with Crippen LogP contribution in [-0.2, 0) is 0 Å². The molecule has 1 saturated carbocycles. The van der Waals surface area contributed by atoms with Crippen LogP contribution in [0.5, 0.6) is 0 Å². The minimum atomic E-state index is 0.845. The third-order valence-electron chi connectivity index (χ3n) is 3.73. The van der Waals surface area contributed by atoms with Gasteiger partial charge in [0.15, 0.2) is 0 Å². The zero-order valence-electron chi connectivity index (χ0n) is 10.7. The molecule has 1 fully saturated rings. The van der Waals surface area contributed by atoms with E-state index in [4.69, 9.17) is 0 Å². The van der Waals surface area contributed by atoms with E-state index in [-0.39, 0.29) is 0 Å². The van der Waals surface area contributed by atoms with Crippen LogP contribution >= 0.6 is 0 Å². The Hall–Kier alpha value is -0.0400. The molecule has 1 nitrogen and oxygen atoms in total. The van der Waals surface area contributed by atoms with Gasteiger partial charge in [0, 0.05) is 6.04 Å². The number of hydrogen-bond donors (Lipinski definition) is 1. The van der Waals surface area contributed by atoms with Gasteiger partial charge < -0.3 is 5.32 Å². The summed E-state index contributed by atoms with van der Waals surface area (Å²) in [5.74, 6) is 0.918. The highest BCUT2D eigenvalue weighted by atomic mass is 14.9. The summed E-state index contributed by atoms with van der Waals surface area (Å²) in [6, 6.07) is 0.845. The van der Waals surface area contributed by atoms with E-state index in [1.54, 1.807) is 0 Å². The zero-order valence-corrected chi connectivity index (χ0v) is 10.7. The molecule has 1 aliphatic rings. The molecule has 0 heterocycles. The maximum Gasteiger partial charge on any atom is 0.00670 e. The molecule has 15 heavy (non-hydrogen) atoms. The van der Waals surface area contributed by atoms with Crippen molar-refractivity contribution in [2.75, 3.05) is 6.54 Å². The molecular weight excluding hydrogens is 182 g/mol. The Kier molecular flexibility index (Phi) is 7.08. The first-order chi connectivity index (χ1) is 7.33. The van der Waals surface area contributed by atoms with Gasteiger partial charge in [-0.3, -0.25) is 0 Å². The van der Waals surface area contributed by atoms with E-state index in [1.165, 1.54) is 64.3 Å². The lowest BCUT2D eigenvalue weighted by atomic mass is 9.95. The highest BCUT2D eigenvalue weighted by Crippen LogP contribution is 2.18. The number of unbranched alkanes of at least 4 members (excludes halogenated alkanes) is 1. The number of nitrogens with one attached hydrogen (secondary N) is 1. The van der Waals surface area contributed by atoms with Gasteiger partial charge in [-0.2, -0.15) is 0 Å². The third kappa shape index (κ3) is 6.19. The van der Waals surface area contributed by atoms with Gasteiger partial charge in [0.25, 0.3) is 0 Å². The molecule has 0 aromatic heterocycles. The van der Waals surface area contributed by atoms with Crippen LogP contribution in [-0.4, -0.2) is 12.6 Å². The Morgan fingerprint density at radius 2 is 1.87 bits per heavy atom. The Morgan fingerprint density at radius 1 is 1.13 bits per heavy atom. The van der Waals surface area contributed by atoms with E-state index in [1.807, 2.05) is 0 Å². The highest BCUT2D eigenvalue weighted by molar-refractivity contribution is 4.72. The van der Waals surface area contributed by atoms with Crippen molar-refractivity contribution < 1.29 is 0 Å². The minimum absolute atomic E-state index is 0.845. The molecule has 90 valence electrons. The van der Waals surface area contributed by atoms with Crippen molar-refractivity contribution in [3.8, 4) is 0 Å². The van der Waals surface area contributed by atoms with Gasteiger partial charge in [-0.15, -0.1) is 0 Å². The Morgan fingerprint density at radius 3 is 2.53 bits per heavy atom. The van der Waals surface area contributed by atoms with Gasteiger partial charge in [0.05, 0.1) is 0 Å². The summed E-state index contributed by atoms with van der Waals surface area (Å²) in [5, 5.41) is 3.73. The van der Waals surface area contributed by atoms with Crippen LogP contribution in [0.25, 0.3) is 0 Å². The van der Waals surface area contributed by atoms with Crippen LogP contribution in [0.15, 0.2) is 0 Å². The maximum absolute atomic E-state index is 3.73. The monoisotopic (exact) mass is 211 g/mol. The number of hydrogen-bond acceptors (Lipinski definition) is 1. The van der Waals surface area contributed by atoms with E-state index in [2.05, 4.69) is 19.2 Å². The van der Waals surface area contributed by atoms with E-state index >= 15 is 0 Å². The van der Waals surface area contributed by atoms with Crippen LogP contribution in [0.4, 0.5) is 0 Å². The standard InChI is InChI=1S/C14H29N/c1-3-4-8-13(2)11-12-15-14-9-6-5-7-10-14/h13-15H,3-12H2,1-2H3. The van der Waals surface area contributed by atoms with Crippen LogP contribution < -0.4 is 5.32 Å².